The maximum atomic E-state index is 13.2. The van der Waals surface area contributed by atoms with Crippen LogP contribution in [0.4, 0.5) is 8.78 Å². The van der Waals surface area contributed by atoms with Crippen molar-refractivity contribution in [1.29, 1.82) is 0 Å². The molecule has 0 saturated heterocycles. The van der Waals surface area contributed by atoms with Gasteiger partial charge < -0.3 is 9.97 Å². The number of fused-ring (bicyclic) bond motifs is 2. The molecule has 0 bridgehead atoms. The second kappa shape index (κ2) is 6.77. The fourth-order valence-corrected chi connectivity index (χ4v) is 3.56. The number of hydrogen-bond donors (Lipinski definition) is 2. The summed E-state index contributed by atoms with van der Waals surface area (Å²) in [7, 11) is 0. The van der Waals surface area contributed by atoms with Gasteiger partial charge in [-0.25, -0.2) is 8.78 Å². The Labute approximate surface area is 168 Å². The minimum absolute atomic E-state index is 0.224. The first-order chi connectivity index (χ1) is 14.5. The van der Waals surface area contributed by atoms with Gasteiger partial charge in [-0.2, -0.15) is 0 Å². The van der Waals surface area contributed by atoms with Crippen LogP contribution in [0.2, 0.25) is 0 Å². The van der Waals surface area contributed by atoms with E-state index in [0.29, 0.717) is 44.3 Å². The Morgan fingerprint density at radius 2 is 0.900 bits per heavy atom. The van der Waals surface area contributed by atoms with Crippen molar-refractivity contribution in [3.8, 4) is 22.5 Å². The average Bonchev–Trinajstić information content (AvgIpc) is 2.74. The summed E-state index contributed by atoms with van der Waals surface area (Å²) in [5, 5.41) is 0.834. The van der Waals surface area contributed by atoms with Gasteiger partial charge in [-0.05, 0) is 71.8 Å². The zero-order chi connectivity index (χ0) is 20.8. The molecule has 0 amide bonds. The summed E-state index contributed by atoms with van der Waals surface area (Å²) in [6.07, 6.45) is 0. The second-order valence-electron chi connectivity index (χ2n) is 7.05. The number of halogens is 2. The van der Waals surface area contributed by atoms with Crippen molar-refractivity contribution in [3.63, 3.8) is 0 Å². The maximum Gasteiger partial charge on any atom is 0.190 e. The van der Waals surface area contributed by atoms with Gasteiger partial charge in [-0.15, -0.1) is 0 Å². The number of pyridine rings is 2. The predicted molar refractivity (Wildman–Crippen MR) is 113 cm³/mol. The van der Waals surface area contributed by atoms with E-state index in [-0.39, 0.29) is 22.5 Å². The lowest BCUT2D eigenvalue weighted by atomic mass is 10.1. The lowest BCUT2D eigenvalue weighted by Crippen LogP contribution is -2.07. The van der Waals surface area contributed by atoms with Crippen LogP contribution in [-0.2, 0) is 0 Å². The Kier molecular flexibility index (Phi) is 4.06. The highest BCUT2D eigenvalue weighted by Crippen LogP contribution is 2.23. The SMILES string of the molecule is O=c1cc(-c2ccc(F)cc2)[nH]c2cc3c(=O)cc(-c4ccc(F)cc4)[nH]c3cc12. The van der Waals surface area contributed by atoms with Crippen LogP contribution in [0.15, 0.2) is 82.4 Å². The largest absolute Gasteiger partial charge is 0.354 e. The van der Waals surface area contributed by atoms with Crippen molar-refractivity contribution in [1.82, 2.24) is 9.97 Å². The van der Waals surface area contributed by atoms with Crippen LogP contribution >= 0.6 is 0 Å². The van der Waals surface area contributed by atoms with Crippen LogP contribution in [-0.4, -0.2) is 9.97 Å². The predicted octanol–water partition coefficient (Wildman–Crippen LogP) is 4.98. The van der Waals surface area contributed by atoms with E-state index in [2.05, 4.69) is 9.97 Å². The van der Waals surface area contributed by atoms with Crippen LogP contribution < -0.4 is 10.9 Å². The van der Waals surface area contributed by atoms with E-state index in [9.17, 15) is 18.4 Å². The molecule has 2 heterocycles. The Bertz CT molecular complexity index is 1410. The summed E-state index contributed by atoms with van der Waals surface area (Å²) in [6, 6.07) is 17.8. The first-order valence-electron chi connectivity index (χ1n) is 9.24. The van der Waals surface area contributed by atoms with E-state index < -0.39 is 0 Å². The Morgan fingerprint density at radius 1 is 0.533 bits per heavy atom. The molecule has 2 N–H and O–H groups in total. The summed E-state index contributed by atoms with van der Waals surface area (Å²) in [5.41, 5.74) is 2.96. The standard InChI is InChI=1S/C24H14F2N2O2/c25-15-5-1-13(2-6-15)19-11-23(29)17-10-22-18(9-21(17)27-19)24(30)12-20(28-22)14-3-7-16(26)8-4-14/h1-12H,(H,27,29)(H,28,30). The van der Waals surface area contributed by atoms with Crippen molar-refractivity contribution in [2.75, 3.05) is 0 Å². The van der Waals surface area contributed by atoms with Crippen LogP contribution in [0, 0.1) is 11.6 Å². The van der Waals surface area contributed by atoms with E-state index in [4.69, 9.17) is 0 Å². The zero-order valence-corrected chi connectivity index (χ0v) is 15.5. The average molecular weight is 400 g/mol. The Balaban J connectivity index is 1.71. The summed E-state index contributed by atoms with van der Waals surface area (Å²) < 4.78 is 26.4. The summed E-state index contributed by atoms with van der Waals surface area (Å²) in [6.45, 7) is 0. The number of aromatic amines is 2. The van der Waals surface area contributed by atoms with E-state index >= 15 is 0 Å². The summed E-state index contributed by atoms with van der Waals surface area (Å²) in [4.78, 5) is 31.8. The van der Waals surface area contributed by atoms with Gasteiger partial charge in [0.05, 0.1) is 11.0 Å². The lowest BCUT2D eigenvalue weighted by molar-refractivity contribution is 0.627. The van der Waals surface area contributed by atoms with Gasteiger partial charge in [-0.1, -0.05) is 0 Å². The molecule has 30 heavy (non-hydrogen) atoms. The molecular weight excluding hydrogens is 386 g/mol. The molecule has 4 nitrogen and oxygen atoms in total. The third kappa shape index (κ3) is 3.08. The summed E-state index contributed by atoms with van der Waals surface area (Å²) in [5.74, 6) is -0.729. The quantitative estimate of drug-likeness (QED) is 0.411. The smallest absolute Gasteiger partial charge is 0.190 e. The van der Waals surface area contributed by atoms with Crippen LogP contribution in [0.1, 0.15) is 0 Å². The molecule has 5 aromatic rings. The minimum Gasteiger partial charge on any atom is -0.354 e. The van der Waals surface area contributed by atoms with Crippen molar-refractivity contribution >= 4 is 21.8 Å². The molecule has 2 aromatic heterocycles. The van der Waals surface area contributed by atoms with Gasteiger partial charge in [-0.3, -0.25) is 9.59 Å². The molecule has 5 rings (SSSR count). The maximum absolute atomic E-state index is 13.2. The molecule has 0 aliphatic carbocycles. The van der Waals surface area contributed by atoms with E-state index in [1.807, 2.05) is 0 Å². The topological polar surface area (TPSA) is 65.7 Å². The molecular formula is C24H14F2N2O2. The fourth-order valence-electron chi connectivity index (χ4n) is 3.56. The first-order valence-corrected chi connectivity index (χ1v) is 9.24. The van der Waals surface area contributed by atoms with E-state index in [0.717, 1.165) is 0 Å². The molecule has 0 radical (unpaired) electrons. The Morgan fingerprint density at radius 3 is 1.27 bits per heavy atom. The normalized spacial score (nSPS) is 11.3. The molecule has 0 unspecified atom stereocenters. The minimum atomic E-state index is -0.364. The summed E-state index contributed by atoms with van der Waals surface area (Å²) >= 11 is 0. The molecule has 0 spiro atoms. The monoisotopic (exact) mass is 400 g/mol. The first kappa shape index (κ1) is 18.0. The number of aromatic nitrogens is 2. The van der Waals surface area contributed by atoms with Gasteiger partial charge in [0.1, 0.15) is 11.6 Å². The van der Waals surface area contributed by atoms with Crippen molar-refractivity contribution in [2.24, 2.45) is 0 Å². The number of hydrogen-bond acceptors (Lipinski definition) is 2. The Hall–Kier alpha value is -4.06. The second-order valence-corrected chi connectivity index (χ2v) is 7.05. The van der Waals surface area contributed by atoms with Crippen LogP contribution in [0.5, 0.6) is 0 Å². The van der Waals surface area contributed by atoms with Crippen molar-refractivity contribution < 1.29 is 8.78 Å². The highest BCUT2D eigenvalue weighted by atomic mass is 19.1. The third-order valence-corrected chi connectivity index (χ3v) is 5.09. The third-order valence-electron chi connectivity index (χ3n) is 5.09. The van der Waals surface area contributed by atoms with E-state index in [1.54, 1.807) is 36.4 Å². The molecule has 0 atom stereocenters. The number of H-pyrrole nitrogens is 2. The van der Waals surface area contributed by atoms with Crippen LogP contribution in [0.3, 0.4) is 0 Å². The van der Waals surface area contributed by atoms with E-state index in [1.165, 1.54) is 36.4 Å². The molecule has 3 aromatic carbocycles. The van der Waals surface area contributed by atoms with Gasteiger partial charge >= 0.3 is 0 Å². The molecule has 146 valence electrons. The molecule has 0 fully saturated rings. The van der Waals surface area contributed by atoms with Crippen molar-refractivity contribution in [2.45, 2.75) is 0 Å². The van der Waals surface area contributed by atoms with Crippen molar-refractivity contribution in [3.05, 3.63) is 105 Å². The highest BCUT2D eigenvalue weighted by molar-refractivity contribution is 5.96. The highest BCUT2D eigenvalue weighted by Gasteiger charge is 2.10. The molecule has 0 saturated carbocycles. The fraction of sp³-hybridized carbons (Fsp3) is 0. The number of nitrogens with one attached hydrogen (secondary N) is 2. The number of rotatable bonds is 2. The molecule has 6 heteroatoms. The molecule has 0 aliphatic heterocycles. The molecule has 0 aliphatic rings. The van der Waals surface area contributed by atoms with Gasteiger partial charge in [0.25, 0.3) is 0 Å². The van der Waals surface area contributed by atoms with Gasteiger partial charge in [0.15, 0.2) is 10.9 Å². The number of benzene rings is 3. The van der Waals surface area contributed by atoms with Gasteiger partial charge in [0.2, 0.25) is 0 Å². The van der Waals surface area contributed by atoms with Gasteiger partial charge in [0, 0.05) is 34.3 Å². The zero-order valence-electron chi connectivity index (χ0n) is 15.5. The lowest BCUT2D eigenvalue weighted by Gasteiger charge is -2.08. The van der Waals surface area contributed by atoms with Crippen LogP contribution in [0.25, 0.3) is 44.3 Å².